The Balaban J connectivity index is 2.00. The van der Waals surface area contributed by atoms with E-state index < -0.39 is 11.7 Å². The highest BCUT2D eigenvalue weighted by Gasteiger charge is 2.32. The monoisotopic (exact) mass is 307 g/mol. The average molecular weight is 307 g/mol. The van der Waals surface area contributed by atoms with E-state index >= 15 is 0 Å². The van der Waals surface area contributed by atoms with E-state index in [1.54, 1.807) is 0 Å². The molecule has 116 valence electrons. The Labute approximate surface area is 127 Å². The van der Waals surface area contributed by atoms with Crippen molar-refractivity contribution < 1.29 is 18.0 Å². The van der Waals surface area contributed by atoms with Crippen LogP contribution in [0.25, 0.3) is 0 Å². The molecule has 0 aliphatic carbocycles. The molecule has 0 aromatic heterocycles. The van der Waals surface area contributed by atoms with Crippen molar-refractivity contribution in [1.82, 2.24) is 0 Å². The summed E-state index contributed by atoms with van der Waals surface area (Å²) in [7, 11) is 0. The molecule has 22 heavy (non-hydrogen) atoms. The summed E-state index contributed by atoms with van der Waals surface area (Å²) in [4.78, 5) is 11.8. The first kappa shape index (κ1) is 16.1. The van der Waals surface area contributed by atoms with E-state index in [9.17, 15) is 18.0 Å². The van der Waals surface area contributed by atoms with Gasteiger partial charge in [-0.3, -0.25) is 4.79 Å². The van der Waals surface area contributed by atoms with Crippen LogP contribution in [0.15, 0.2) is 48.5 Å². The molecule has 0 saturated carbocycles. The van der Waals surface area contributed by atoms with Crippen LogP contribution in [0.1, 0.15) is 23.1 Å². The molecular formula is C17H16F3NO. The summed E-state index contributed by atoms with van der Waals surface area (Å²) in [6.07, 6.45) is -3.65. The van der Waals surface area contributed by atoms with Crippen LogP contribution in [0.4, 0.5) is 18.9 Å². The maximum atomic E-state index is 12.8. The van der Waals surface area contributed by atoms with Gasteiger partial charge < -0.3 is 5.32 Å². The van der Waals surface area contributed by atoms with Crippen LogP contribution in [0.2, 0.25) is 0 Å². The molecule has 5 heteroatoms. The van der Waals surface area contributed by atoms with Crippen molar-refractivity contribution >= 4 is 11.6 Å². The molecule has 0 heterocycles. The number of nitrogens with one attached hydrogen (secondary N) is 1. The number of aryl methyl sites for hydroxylation is 2. The van der Waals surface area contributed by atoms with Crippen LogP contribution < -0.4 is 5.32 Å². The lowest BCUT2D eigenvalue weighted by Crippen LogP contribution is -2.14. The minimum atomic E-state index is -4.42. The predicted octanol–water partition coefficient (Wildman–Crippen LogP) is 4.59. The molecule has 2 nitrogen and oxygen atoms in total. The van der Waals surface area contributed by atoms with Crippen molar-refractivity contribution in [2.24, 2.45) is 0 Å². The Bertz CT molecular complexity index is 651. The first-order valence-electron chi connectivity index (χ1n) is 6.88. The second-order valence-corrected chi connectivity index (χ2v) is 5.06. The lowest BCUT2D eigenvalue weighted by atomic mass is 10.1. The molecule has 2 aromatic rings. The smallest absolute Gasteiger partial charge is 0.326 e. The molecule has 0 fully saturated rings. The van der Waals surface area contributed by atoms with Gasteiger partial charge in [-0.1, -0.05) is 36.4 Å². The minimum Gasteiger partial charge on any atom is -0.326 e. The number of carbonyl (C=O) groups is 1. The Kier molecular flexibility index (Phi) is 4.85. The fourth-order valence-corrected chi connectivity index (χ4v) is 2.13. The van der Waals surface area contributed by atoms with Gasteiger partial charge in [-0.2, -0.15) is 13.2 Å². The van der Waals surface area contributed by atoms with Crippen LogP contribution in [0.3, 0.4) is 0 Å². The first-order chi connectivity index (χ1) is 10.4. The molecule has 0 saturated heterocycles. The summed E-state index contributed by atoms with van der Waals surface area (Å²) in [6, 6.07) is 13.2. The van der Waals surface area contributed by atoms with Crippen LogP contribution in [0, 0.1) is 6.92 Å². The predicted molar refractivity (Wildman–Crippen MR) is 79.6 cm³/mol. The molecule has 0 unspecified atom stereocenters. The molecule has 0 spiro atoms. The van der Waals surface area contributed by atoms with Crippen molar-refractivity contribution in [3.05, 3.63) is 65.2 Å². The van der Waals surface area contributed by atoms with E-state index in [0.717, 1.165) is 11.6 Å². The summed E-state index contributed by atoms with van der Waals surface area (Å²) in [5.74, 6) is -0.305. The third kappa shape index (κ3) is 4.35. The SMILES string of the molecule is Cc1ccc(NC(=O)CCc2ccccc2)cc1C(F)(F)F. The number of amides is 1. The molecule has 0 aliphatic heterocycles. The zero-order valence-electron chi connectivity index (χ0n) is 12.1. The number of anilines is 1. The molecule has 0 aliphatic rings. The molecule has 2 aromatic carbocycles. The molecule has 0 radical (unpaired) electrons. The normalized spacial score (nSPS) is 11.3. The fourth-order valence-electron chi connectivity index (χ4n) is 2.13. The molecule has 2 rings (SSSR count). The summed E-state index contributed by atoms with van der Waals surface area (Å²) in [6.45, 7) is 1.39. The van der Waals surface area contributed by atoms with Gasteiger partial charge in [-0.05, 0) is 36.6 Å². The van der Waals surface area contributed by atoms with E-state index in [0.29, 0.717) is 6.42 Å². The number of halogens is 3. The zero-order valence-corrected chi connectivity index (χ0v) is 12.1. The number of rotatable bonds is 4. The van der Waals surface area contributed by atoms with Gasteiger partial charge in [-0.25, -0.2) is 0 Å². The van der Waals surface area contributed by atoms with E-state index in [1.807, 2.05) is 30.3 Å². The van der Waals surface area contributed by atoms with Gasteiger partial charge in [0, 0.05) is 12.1 Å². The Hall–Kier alpha value is -2.30. The molecule has 0 atom stereocenters. The van der Waals surface area contributed by atoms with Crippen LogP contribution in [0.5, 0.6) is 0 Å². The minimum absolute atomic E-state index is 0.134. The van der Waals surface area contributed by atoms with E-state index in [4.69, 9.17) is 0 Å². The molecule has 1 N–H and O–H groups in total. The first-order valence-corrected chi connectivity index (χ1v) is 6.88. The number of hydrogen-bond donors (Lipinski definition) is 1. The Morgan fingerprint density at radius 3 is 2.41 bits per heavy atom. The maximum absolute atomic E-state index is 12.8. The van der Waals surface area contributed by atoms with Gasteiger partial charge in [0.1, 0.15) is 0 Å². The third-order valence-electron chi connectivity index (χ3n) is 3.31. The van der Waals surface area contributed by atoms with Gasteiger partial charge >= 0.3 is 6.18 Å². The number of benzene rings is 2. The average Bonchev–Trinajstić information content (AvgIpc) is 2.47. The highest BCUT2D eigenvalue weighted by atomic mass is 19.4. The van der Waals surface area contributed by atoms with Crippen LogP contribution in [-0.2, 0) is 17.4 Å². The van der Waals surface area contributed by atoms with Crippen molar-refractivity contribution in [2.75, 3.05) is 5.32 Å². The Morgan fingerprint density at radius 2 is 1.77 bits per heavy atom. The van der Waals surface area contributed by atoms with Gasteiger partial charge in [-0.15, -0.1) is 0 Å². The van der Waals surface area contributed by atoms with Gasteiger partial charge in [0.25, 0.3) is 0 Å². The van der Waals surface area contributed by atoms with E-state index in [2.05, 4.69) is 5.32 Å². The lowest BCUT2D eigenvalue weighted by molar-refractivity contribution is -0.138. The Morgan fingerprint density at radius 1 is 1.09 bits per heavy atom. The van der Waals surface area contributed by atoms with Crippen molar-refractivity contribution in [3.8, 4) is 0 Å². The highest BCUT2D eigenvalue weighted by Crippen LogP contribution is 2.33. The number of alkyl halides is 3. The highest BCUT2D eigenvalue weighted by molar-refractivity contribution is 5.91. The topological polar surface area (TPSA) is 29.1 Å². The molecule has 0 bridgehead atoms. The van der Waals surface area contributed by atoms with Gasteiger partial charge in [0.15, 0.2) is 0 Å². The number of carbonyl (C=O) groups excluding carboxylic acids is 1. The van der Waals surface area contributed by atoms with Crippen LogP contribution in [-0.4, -0.2) is 5.91 Å². The molecular weight excluding hydrogens is 291 g/mol. The van der Waals surface area contributed by atoms with E-state index in [1.165, 1.54) is 19.1 Å². The van der Waals surface area contributed by atoms with E-state index in [-0.39, 0.29) is 23.6 Å². The van der Waals surface area contributed by atoms with Gasteiger partial charge in [0.05, 0.1) is 5.56 Å². The zero-order chi connectivity index (χ0) is 16.2. The third-order valence-corrected chi connectivity index (χ3v) is 3.31. The fraction of sp³-hybridized carbons (Fsp3) is 0.235. The molecule has 1 amide bonds. The van der Waals surface area contributed by atoms with Crippen molar-refractivity contribution in [3.63, 3.8) is 0 Å². The maximum Gasteiger partial charge on any atom is 0.416 e. The second kappa shape index (κ2) is 6.64. The summed E-state index contributed by atoms with van der Waals surface area (Å²) in [5, 5.41) is 2.51. The second-order valence-electron chi connectivity index (χ2n) is 5.06. The van der Waals surface area contributed by atoms with Crippen molar-refractivity contribution in [2.45, 2.75) is 25.9 Å². The summed E-state index contributed by atoms with van der Waals surface area (Å²) >= 11 is 0. The van der Waals surface area contributed by atoms with Crippen molar-refractivity contribution in [1.29, 1.82) is 0 Å². The summed E-state index contributed by atoms with van der Waals surface area (Å²) < 4.78 is 38.5. The van der Waals surface area contributed by atoms with Gasteiger partial charge in [0.2, 0.25) is 5.91 Å². The quantitative estimate of drug-likeness (QED) is 0.879. The number of hydrogen-bond acceptors (Lipinski definition) is 1. The van der Waals surface area contributed by atoms with Crippen LogP contribution >= 0.6 is 0 Å². The standard InChI is InChI=1S/C17H16F3NO/c1-12-7-9-14(11-15(12)17(18,19)20)21-16(22)10-8-13-5-3-2-4-6-13/h2-7,9,11H,8,10H2,1H3,(H,21,22). The summed E-state index contributed by atoms with van der Waals surface area (Å²) in [5.41, 5.74) is 0.580. The lowest BCUT2D eigenvalue weighted by Gasteiger charge is -2.12. The largest absolute Gasteiger partial charge is 0.416 e.